The first kappa shape index (κ1) is 17.1. The van der Waals surface area contributed by atoms with E-state index in [1.165, 1.54) is 0 Å². The van der Waals surface area contributed by atoms with E-state index >= 15 is 0 Å². The zero-order valence-corrected chi connectivity index (χ0v) is 11.7. The molecule has 11 heteroatoms. The molecule has 0 aromatic heterocycles. The van der Waals surface area contributed by atoms with Crippen LogP contribution in [0, 0.1) is 42.7 Å². The molecule has 0 radical (unpaired) electrons. The summed E-state index contributed by atoms with van der Waals surface area (Å²) in [6.45, 7) is -0.766. The molecular weight excluding hydrogens is 316 g/mol. The number of thioether (sulfide) groups is 1. The average molecular weight is 324 g/mol. The van der Waals surface area contributed by atoms with Crippen molar-refractivity contribution in [2.45, 2.75) is 4.90 Å². The van der Waals surface area contributed by atoms with Crippen molar-refractivity contribution in [1.82, 2.24) is 0 Å². The molecular formula is C11H8N4O6S. The summed E-state index contributed by atoms with van der Waals surface area (Å²) in [4.78, 5) is 33.7. The van der Waals surface area contributed by atoms with E-state index in [4.69, 9.17) is 6.42 Å². The lowest BCUT2D eigenvalue weighted by Gasteiger charge is -2.03. The van der Waals surface area contributed by atoms with Crippen LogP contribution in [0.5, 0.6) is 0 Å². The molecule has 0 aliphatic heterocycles. The SMILES string of the molecule is C#CCN=C(C[N+](=O)[O-])Sc1ccc([N+](=O)[O-])cc1[N+](=O)[O-]. The van der Waals surface area contributed by atoms with Crippen LogP contribution in [0.1, 0.15) is 0 Å². The molecule has 0 amide bonds. The Morgan fingerprint density at radius 3 is 2.41 bits per heavy atom. The second-order valence-corrected chi connectivity index (χ2v) is 4.79. The van der Waals surface area contributed by atoms with Crippen molar-refractivity contribution in [3.63, 3.8) is 0 Å². The topological polar surface area (TPSA) is 142 Å². The highest BCUT2D eigenvalue weighted by atomic mass is 32.2. The fraction of sp³-hybridized carbons (Fsp3) is 0.182. The first-order valence-electron chi connectivity index (χ1n) is 5.54. The van der Waals surface area contributed by atoms with Crippen LogP contribution in [0.3, 0.4) is 0 Å². The Balaban J connectivity index is 3.18. The number of rotatable bonds is 6. The number of benzene rings is 1. The van der Waals surface area contributed by atoms with Crippen LogP contribution in [0.25, 0.3) is 0 Å². The molecule has 0 aliphatic rings. The molecule has 0 saturated heterocycles. The maximum atomic E-state index is 11.0. The van der Waals surface area contributed by atoms with Crippen molar-refractivity contribution >= 4 is 28.2 Å². The van der Waals surface area contributed by atoms with Gasteiger partial charge in [0, 0.05) is 11.0 Å². The number of nitro groups is 3. The van der Waals surface area contributed by atoms with Gasteiger partial charge in [0.25, 0.3) is 17.9 Å². The molecule has 1 rings (SSSR count). The van der Waals surface area contributed by atoms with Crippen molar-refractivity contribution in [3.8, 4) is 12.3 Å². The van der Waals surface area contributed by atoms with E-state index in [0.717, 1.165) is 18.2 Å². The van der Waals surface area contributed by atoms with Gasteiger partial charge in [-0.2, -0.15) is 0 Å². The predicted molar refractivity (Wildman–Crippen MR) is 78.6 cm³/mol. The Bertz CT molecular complexity index is 696. The Morgan fingerprint density at radius 2 is 1.91 bits per heavy atom. The molecule has 114 valence electrons. The van der Waals surface area contributed by atoms with E-state index in [1.54, 1.807) is 0 Å². The van der Waals surface area contributed by atoms with E-state index in [0.29, 0.717) is 11.8 Å². The molecule has 0 aliphatic carbocycles. The highest BCUT2D eigenvalue weighted by molar-refractivity contribution is 8.14. The number of terminal acetylenes is 1. The highest BCUT2D eigenvalue weighted by Crippen LogP contribution is 2.33. The van der Waals surface area contributed by atoms with E-state index in [9.17, 15) is 30.3 Å². The van der Waals surface area contributed by atoms with Crippen LogP contribution in [-0.4, -0.2) is 32.9 Å². The van der Waals surface area contributed by atoms with Crippen molar-refractivity contribution in [1.29, 1.82) is 0 Å². The summed E-state index contributed by atoms with van der Waals surface area (Å²) in [5.41, 5.74) is -0.983. The summed E-state index contributed by atoms with van der Waals surface area (Å²) in [7, 11) is 0. The second kappa shape index (κ2) is 7.70. The van der Waals surface area contributed by atoms with Crippen molar-refractivity contribution in [2.24, 2.45) is 4.99 Å². The van der Waals surface area contributed by atoms with Gasteiger partial charge in [-0.05, 0) is 6.07 Å². The molecule has 10 nitrogen and oxygen atoms in total. The lowest BCUT2D eigenvalue weighted by atomic mass is 10.3. The van der Waals surface area contributed by atoms with Gasteiger partial charge >= 0.3 is 0 Å². The summed E-state index contributed by atoms with van der Waals surface area (Å²) in [5.74, 6) is 2.17. The maximum absolute atomic E-state index is 11.0. The Hall–Kier alpha value is -3.00. The molecule has 0 N–H and O–H groups in total. The number of nitro benzene ring substituents is 2. The summed E-state index contributed by atoms with van der Waals surface area (Å²) < 4.78 is 0. The van der Waals surface area contributed by atoms with Gasteiger partial charge in [-0.25, -0.2) is 0 Å². The molecule has 0 heterocycles. The van der Waals surface area contributed by atoms with Crippen molar-refractivity contribution in [3.05, 3.63) is 48.5 Å². The molecule has 0 bridgehead atoms. The van der Waals surface area contributed by atoms with Gasteiger partial charge in [0.1, 0.15) is 11.6 Å². The first-order chi connectivity index (χ1) is 10.3. The van der Waals surface area contributed by atoms with Gasteiger partial charge in [0.15, 0.2) is 0 Å². The van der Waals surface area contributed by atoms with Gasteiger partial charge in [0.05, 0.1) is 20.8 Å². The lowest BCUT2D eigenvalue weighted by molar-refractivity contribution is -0.462. The molecule has 1 aromatic rings. The molecule has 1 aromatic carbocycles. The summed E-state index contributed by atoms with van der Waals surface area (Å²) in [5, 5.41) is 32.1. The third-order valence-electron chi connectivity index (χ3n) is 2.19. The van der Waals surface area contributed by atoms with Gasteiger partial charge in [-0.15, -0.1) is 6.42 Å². The van der Waals surface area contributed by atoms with Crippen LogP contribution in [-0.2, 0) is 0 Å². The van der Waals surface area contributed by atoms with Crippen molar-refractivity contribution in [2.75, 3.05) is 13.1 Å². The number of non-ortho nitro benzene ring substituents is 1. The predicted octanol–water partition coefficient (Wildman–Crippen LogP) is 1.90. The molecule has 0 saturated carbocycles. The second-order valence-electron chi connectivity index (χ2n) is 3.67. The monoisotopic (exact) mass is 324 g/mol. The summed E-state index contributed by atoms with van der Waals surface area (Å²) in [6.07, 6.45) is 5.01. The number of nitrogens with zero attached hydrogens (tertiary/aromatic N) is 4. The van der Waals surface area contributed by atoms with E-state index in [-0.39, 0.29) is 16.5 Å². The number of hydrogen-bond acceptors (Lipinski definition) is 8. The molecule has 0 spiro atoms. The molecule has 0 atom stereocenters. The summed E-state index contributed by atoms with van der Waals surface area (Å²) >= 11 is 0.681. The zero-order valence-electron chi connectivity index (χ0n) is 10.9. The molecule has 0 unspecified atom stereocenters. The lowest BCUT2D eigenvalue weighted by Crippen LogP contribution is -2.11. The van der Waals surface area contributed by atoms with Gasteiger partial charge in [0.2, 0.25) is 0 Å². The fourth-order valence-corrected chi connectivity index (χ4v) is 2.26. The van der Waals surface area contributed by atoms with Crippen LogP contribution >= 0.6 is 11.8 Å². The molecule has 0 fully saturated rings. The van der Waals surface area contributed by atoms with Crippen LogP contribution in [0.4, 0.5) is 11.4 Å². The van der Waals surface area contributed by atoms with Crippen molar-refractivity contribution < 1.29 is 14.8 Å². The minimum Gasteiger partial charge on any atom is -0.264 e. The van der Waals surface area contributed by atoms with Crippen LogP contribution in [0.2, 0.25) is 0 Å². The van der Waals surface area contributed by atoms with E-state index in [1.807, 2.05) is 0 Å². The average Bonchev–Trinajstić information content (AvgIpc) is 2.44. The highest BCUT2D eigenvalue weighted by Gasteiger charge is 2.22. The summed E-state index contributed by atoms with van der Waals surface area (Å²) in [6, 6.07) is 3.00. The Morgan fingerprint density at radius 1 is 1.23 bits per heavy atom. The van der Waals surface area contributed by atoms with Gasteiger partial charge in [-0.1, -0.05) is 17.7 Å². The first-order valence-corrected chi connectivity index (χ1v) is 6.36. The maximum Gasteiger partial charge on any atom is 0.290 e. The normalized spacial score (nSPS) is 10.8. The van der Waals surface area contributed by atoms with Crippen LogP contribution < -0.4 is 0 Å². The minimum atomic E-state index is -0.805. The quantitative estimate of drug-likeness (QED) is 0.194. The smallest absolute Gasteiger partial charge is 0.264 e. The largest absolute Gasteiger partial charge is 0.290 e. The molecule has 22 heavy (non-hydrogen) atoms. The standard InChI is InChI=1S/C11H8N4O6S/c1-2-5-12-11(7-13(16)17)22-10-4-3-8(14(18)19)6-9(10)15(20)21/h1,3-4,6H,5,7H2. The van der Waals surface area contributed by atoms with Crippen LogP contribution in [0.15, 0.2) is 28.1 Å². The zero-order chi connectivity index (χ0) is 16.7. The number of hydrogen-bond donors (Lipinski definition) is 0. The Kier molecular flexibility index (Phi) is 5.96. The minimum absolute atomic E-state index is 0.00761. The third kappa shape index (κ3) is 4.84. The number of aliphatic imine (C=N–C) groups is 1. The van der Waals surface area contributed by atoms with Gasteiger partial charge in [-0.3, -0.25) is 35.3 Å². The van der Waals surface area contributed by atoms with Gasteiger partial charge < -0.3 is 0 Å². The third-order valence-corrected chi connectivity index (χ3v) is 3.25. The Labute approximate surface area is 127 Å². The fourth-order valence-electron chi connectivity index (χ4n) is 1.33. The van der Waals surface area contributed by atoms with E-state index in [2.05, 4.69) is 10.9 Å². The van der Waals surface area contributed by atoms with E-state index < -0.39 is 32.7 Å².